The predicted octanol–water partition coefficient (Wildman–Crippen LogP) is 3.07. The summed E-state index contributed by atoms with van der Waals surface area (Å²) in [5.74, 6) is -0.268. The Labute approximate surface area is 152 Å². The Morgan fingerprint density at radius 3 is 2.20 bits per heavy atom. The van der Waals surface area contributed by atoms with Gasteiger partial charge < -0.3 is 0 Å². The second-order valence-corrected chi connectivity index (χ2v) is 6.42. The van der Waals surface area contributed by atoms with Crippen molar-refractivity contribution in [1.82, 2.24) is 16.2 Å². The molecule has 0 fully saturated rings. The minimum absolute atomic E-state index is 0.0268. The molecular formula is C19H21N3O2S. The zero-order valence-corrected chi connectivity index (χ0v) is 15.2. The molecule has 3 N–H and O–H groups in total. The van der Waals surface area contributed by atoms with Gasteiger partial charge in [-0.05, 0) is 54.9 Å². The first kappa shape index (κ1) is 18.6. The van der Waals surface area contributed by atoms with Crippen molar-refractivity contribution >= 4 is 29.1 Å². The Balaban J connectivity index is 1.87. The standard InChI is InChI=1S/C19H21N3O2S/c1-12(2)14-7-9-15(10-8-14)17(23)20-19(25)22-21-18(24)16-6-4-5-13(3)11-16/h4-12H,1-3H3,(H,21,24)(H2,20,22,23,25). The molecular weight excluding hydrogens is 334 g/mol. The van der Waals surface area contributed by atoms with E-state index in [1.54, 1.807) is 30.3 Å². The van der Waals surface area contributed by atoms with Crippen molar-refractivity contribution in [1.29, 1.82) is 0 Å². The van der Waals surface area contributed by atoms with E-state index in [1.165, 1.54) is 0 Å². The Hall–Kier alpha value is -2.73. The average molecular weight is 355 g/mol. The van der Waals surface area contributed by atoms with E-state index in [0.717, 1.165) is 11.1 Å². The van der Waals surface area contributed by atoms with Gasteiger partial charge in [-0.1, -0.05) is 43.7 Å². The molecule has 0 radical (unpaired) electrons. The third kappa shape index (κ3) is 5.39. The maximum Gasteiger partial charge on any atom is 0.269 e. The van der Waals surface area contributed by atoms with Gasteiger partial charge in [-0.15, -0.1) is 0 Å². The van der Waals surface area contributed by atoms with Crippen molar-refractivity contribution in [3.05, 3.63) is 70.8 Å². The molecule has 0 aliphatic heterocycles. The van der Waals surface area contributed by atoms with Crippen LogP contribution in [0.1, 0.15) is 51.6 Å². The van der Waals surface area contributed by atoms with Crippen LogP contribution in [0.2, 0.25) is 0 Å². The summed E-state index contributed by atoms with van der Waals surface area (Å²) in [6, 6.07) is 14.5. The maximum absolute atomic E-state index is 12.1. The van der Waals surface area contributed by atoms with E-state index < -0.39 is 0 Å². The molecule has 0 saturated heterocycles. The number of hydrogen-bond donors (Lipinski definition) is 3. The van der Waals surface area contributed by atoms with Crippen LogP contribution >= 0.6 is 12.2 Å². The zero-order valence-electron chi connectivity index (χ0n) is 14.4. The van der Waals surface area contributed by atoms with E-state index >= 15 is 0 Å². The monoisotopic (exact) mass is 355 g/mol. The lowest BCUT2D eigenvalue weighted by Gasteiger charge is -2.11. The molecule has 2 amide bonds. The third-order valence-electron chi connectivity index (χ3n) is 3.64. The van der Waals surface area contributed by atoms with Crippen LogP contribution in [0.25, 0.3) is 0 Å². The number of aryl methyl sites for hydroxylation is 1. The van der Waals surface area contributed by atoms with Crippen molar-refractivity contribution < 1.29 is 9.59 Å². The number of amides is 2. The fourth-order valence-electron chi connectivity index (χ4n) is 2.20. The summed E-state index contributed by atoms with van der Waals surface area (Å²) in [6.45, 7) is 6.08. The molecule has 5 nitrogen and oxygen atoms in total. The van der Waals surface area contributed by atoms with Gasteiger partial charge in [-0.25, -0.2) is 0 Å². The minimum Gasteiger partial charge on any atom is -0.298 e. The van der Waals surface area contributed by atoms with E-state index in [9.17, 15) is 9.59 Å². The molecule has 2 aromatic rings. The number of hydrogen-bond acceptors (Lipinski definition) is 3. The fraction of sp³-hybridized carbons (Fsp3) is 0.211. The zero-order chi connectivity index (χ0) is 18.4. The first-order chi connectivity index (χ1) is 11.9. The highest BCUT2D eigenvalue weighted by Gasteiger charge is 2.10. The molecule has 0 heterocycles. The Kier molecular flexibility index (Phi) is 6.25. The lowest BCUT2D eigenvalue weighted by Crippen LogP contribution is -2.48. The van der Waals surface area contributed by atoms with E-state index in [-0.39, 0.29) is 16.9 Å². The van der Waals surface area contributed by atoms with Gasteiger partial charge in [0.05, 0.1) is 0 Å². The van der Waals surface area contributed by atoms with Gasteiger partial charge in [0, 0.05) is 11.1 Å². The third-order valence-corrected chi connectivity index (χ3v) is 3.84. The molecule has 0 unspecified atom stereocenters. The molecule has 0 saturated carbocycles. The number of hydrazine groups is 1. The maximum atomic E-state index is 12.1. The fourth-order valence-corrected chi connectivity index (χ4v) is 2.34. The topological polar surface area (TPSA) is 70.2 Å². The van der Waals surface area contributed by atoms with Gasteiger partial charge in [0.1, 0.15) is 0 Å². The normalized spacial score (nSPS) is 10.2. The predicted molar refractivity (Wildman–Crippen MR) is 102 cm³/mol. The summed E-state index contributed by atoms with van der Waals surface area (Å²) in [7, 11) is 0. The van der Waals surface area contributed by atoms with Crippen molar-refractivity contribution in [3.63, 3.8) is 0 Å². The summed E-state index contributed by atoms with van der Waals surface area (Å²) >= 11 is 5.03. The van der Waals surface area contributed by atoms with Gasteiger partial charge in [-0.2, -0.15) is 0 Å². The van der Waals surface area contributed by atoms with E-state index in [0.29, 0.717) is 17.0 Å². The molecule has 25 heavy (non-hydrogen) atoms. The van der Waals surface area contributed by atoms with Crippen LogP contribution in [0.3, 0.4) is 0 Å². The van der Waals surface area contributed by atoms with E-state index in [2.05, 4.69) is 30.0 Å². The van der Waals surface area contributed by atoms with Crippen molar-refractivity contribution in [2.45, 2.75) is 26.7 Å². The van der Waals surface area contributed by atoms with Gasteiger partial charge >= 0.3 is 0 Å². The summed E-state index contributed by atoms with van der Waals surface area (Å²) in [4.78, 5) is 24.2. The number of thiocarbonyl (C=S) groups is 1. The van der Waals surface area contributed by atoms with Crippen LogP contribution in [0.5, 0.6) is 0 Å². The smallest absolute Gasteiger partial charge is 0.269 e. The van der Waals surface area contributed by atoms with Crippen LogP contribution in [-0.2, 0) is 0 Å². The summed E-state index contributed by atoms with van der Waals surface area (Å²) in [5.41, 5.74) is 8.13. The number of nitrogens with one attached hydrogen (secondary N) is 3. The molecule has 0 spiro atoms. The van der Waals surface area contributed by atoms with Crippen molar-refractivity contribution in [2.75, 3.05) is 0 Å². The first-order valence-electron chi connectivity index (χ1n) is 7.95. The molecule has 130 valence electrons. The van der Waals surface area contributed by atoms with Gasteiger partial charge in [0.15, 0.2) is 5.11 Å². The number of rotatable bonds is 3. The quantitative estimate of drug-likeness (QED) is 0.585. The summed E-state index contributed by atoms with van der Waals surface area (Å²) in [6.07, 6.45) is 0. The minimum atomic E-state index is -0.336. The Morgan fingerprint density at radius 2 is 1.60 bits per heavy atom. The van der Waals surface area contributed by atoms with Crippen LogP contribution in [0.15, 0.2) is 48.5 Å². The molecule has 0 aromatic heterocycles. The molecule has 2 rings (SSSR count). The summed E-state index contributed by atoms with van der Waals surface area (Å²) in [5, 5.41) is 2.56. The van der Waals surface area contributed by atoms with Crippen LogP contribution in [-0.4, -0.2) is 16.9 Å². The highest BCUT2D eigenvalue weighted by molar-refractivity contribution is 7.80. The second-order valence-electron chi connectivity index (χ2n) is 6.01. The molecule has 2 aromatic carbocycles. The number of benzene rings is 2. The molecule has 0 bridgehead atoms. The molecule has 0 aliphatic rings. The molecule has 0 aliphatic carbocycles. The lowest BCUT2D eigenvalue weighted by molar-refractivity contribution is 0.0934. The first-order valence-corrected chi connectivity index (χ1v) is 8.36. The molecule has 6 heteroatoms. The van der Waals surface area contributed by atoms with Crippen LogP contribution in [0, 0.1) is 6.92 Å². The van der Waals surface area contributed by atoms with Gasteiger partial charge in [0.2, 0.25) is 0 Å². The average Bonchev–Trinajstić information content (AvgIpc) is 2.59. The molecule has 0 atom stereocenters. The largest absolute Gasteiger partial charge is 0.298 e. The van der Waals surface area contributed by atoms with Gasteiger partial charge in [-0.3, -0.25) is 25.8 Å². The van der Waals surface area contributed by atoms with Gasteiger partial charge in [0.25, 0.3) is 11.8 Å². The second kappa shape index (κ2) is 8.39. The lowest BCUT2D eigenvalue weighted by atomic mass is 10.0. The Bertz CT molecular complexity index is 786. The Morgan fingerprint density at radius 1 is 0.920 bits per heavy atom. The number of carbonyl (C=O) groups excluding carboxylic acids is 2. The van der Waals surface area contributed by atoms with E-state index in [1.807, 2.05) is 25.1 Å². The summed E-state index contributed by atoms with van der Waals surface area (Å²) < 4.78 is 0. The van der Waals surface area contributed by atoms with Crippen molar-refractivity contribution in [2.24, 2.45) is 0 Å². The van der Waals surface area contributed by atoms with Crippen LogP contribution in [0.4, 0.5) is 0 Å². The SMILES string of the molecule is Cc1cccc(C(=O)NNC(=S)NC(=O)c2ccc(C(C)C)cc2)c1. The van der Waals surface area contributed by atoms with Crippen LogP contribution < -0.4 is 16.2 Å². The highest BCUT2D eigenvalue weighted by Crippen LogP contribution is 2.14. The number of carbonyl (C=O) groups is 2. The highest BCUT2D eigenvalue weighted by atomic mass is 32.1. The van der Waals surface area contributed by atoms with Crippen molar-refractivity contribution in [3.8, 4) is 0 Å². The van der Waals surface area contributed by atoms with E-state index in [4.69, 9.17) is 12.2 Å².